The van der Waals surface area contributed by atoms with Gasteiger partial charge in [-0.1, -0.05) is 78.0 Å². The number of ether oxygens (including phenoxy) is 1. The fraction of sp³-hybridized carbons (Fsp3) is 0.519. The van der Waals surface area contributed by atoms with Crippen molar-refractivity contribution in [2.24, 2.45) is 0 Å². The molecule has 0 amide bonds. The molecule has 0 radical (unpaired) electrons. The minimum absolute atomic E-state index is 0.202. The molecule has 0 saturated carbocycles. The number of esters is 1. The SMILES string of the molecule is CCCCCCCCOC(=O)C(C)(c1ccc(O)c(C(C)(C)C)c1)n1nc2ccccc2n1. The third-order valence-electron chi connectivity index (χ3n) is 6.18. The van der Waals surface area contributed by atoms with Gasteiger partial charge in [-0.25, -0.2) is 4.79 Å². The smallest absolute Gasteiger partial charge is 0.340 e. The Labute approximate surface area is 197 Å². The number of phenols is 1. The lowest BCUT2D eigenvalue weighted by Crippen LogP contribution is -2.43. The van der Waals surface area contributed by atoms with Crippen molar-refractivity contribution < 1.29 is 14.6 Å². The number of benzene rings is 2. The number of unbranched alkanes of at least 4 members (excludes halogenated alkanes) is 5. The van der Waals surface area contributed by atoms with E-state index in [0.717, 1.165) is 24.8 Å². The molecule has 1 unspecified atom stereocenters. The summed E-state index contributed by atoms with van der Waals surface area (Å²) in [4.78, 5) is 15.0. The Morgan fingerprint density at radius 1 is 0.939 bits per heavy atom. The molecule has 3 rings (SSSR count). The van der Waals surface area contributed by atoms with Gasteiger partial charge in [0.05, 0.1) is 6.61 Å². The molecule has 0 fully saturated rings. The van der Waals surface area contributed by atoms with Crippen LogP contribution in [0, 0.1) is 0 Å². The number of nitrogens with zero attached hydrogens (tertiary/aromatic N) is 3. The Bertz CT molecular complexity index is 1050. The van der Waals surface area contributed by atoms with Crippen LogP contribution in [-0.4, -0.2) is 32.7 Å². The molecular weight excluding hydrogens is 414 g/mol. The van der Waals surface area contributed by atoms with Gasteiger partial charge in [-0.05, 0) is 54.2 Å². The summed E-state index contributed by atoms with van der Waals surface area (Å²) in [5.74, 6) is -0.199. The summed E-state index contributed by atoms with van der Waals surface area (Å²) >= 11 is 0. The molecule has 1 atom stereocenters. The Balaban J connectivity index is 1.93. The van der Waals surface area contributed by atoms with Crippen molar-refractivity contribution in [1.29, 1.82) is 0 Å². The molecule has 178 valence electrons. The summed E-state index contributed by atoms with van der Waals surface area (Å²) in [5, 5.41) is 19.7. The number of rotatable bonds is 10. The summed E-state index contributed by atoms with van der Waals surface area (Å²) in [7, 11) is 0. The van der Waals surface area contributed by atoms with Gasteiger partial charge in [0.2, 0.25) is 5.54 Å². The van der Waals surface area contributed by atoms with E-state index in [1.807, 2.05) is 51.1 Å². The second kappa shape index (κ2) is 10.4. The second-order valence-corrected chi connectivity index (χ2v) is 9.94. The van der Waals surface area contributed by atoms with Gasteiger partial charge >= 0.3 is 5.97 Å². The van der Waals surface area contributed by atoms with Gasteiger partial charge in [0.15, 0.2) is 0 Å². The van der Waals surface area contributed by atoms with Crippen molar-refractivity contribution in [2.45, 2.75) is 84.1 Å². The Kier molecular flexibility index (Phi) is 7.77. The van der Waals surface area contributed by atoms with E-state index in [-0.39, 0.29) is 11.2 Å². The van der Waals surface area contributed by atoms with E-state index in [2.05, 4.69) is 17.1 Å². The lowest BCUT2D eigenvalue weighted by Gasteiger charge is -2.29. The number of aromatic hydroxyl groups is 1. The summed E-state index contributed by atoms with van der Waals surface area (Å²) < 4.78 is 5.77. The molecule has 2 aromatic carbocycles. The third kappa shape index (κ3) is 5.55. The zero-order chi connectivity index (χ0) is 24.1. The van der Waals surface area contributed by atoms with E-state index in [1.54, 1.807) is 19.1 Å². The van der Waals surface area contributed by atoms with E-state index in [0.29, 0.717) is 23.2 Å². The first kappa shape index (κ1) is 24.7. The Hall–Kier alpha value is -2.89. The van der Waals surface area contributed by atoms with Crippen LogP contribution in [0.3, 0.4) is 0 Å². The minimum atomic E-state index is -1.27. The van der Waals surface area contributed by atoms with Crippen LogP contribution in [-0.2, 0) is 20.5 Å². The molecule has 6 nitrogen and oxygen atoms in total. The predicted octanol–water partition coefficient (Wildman–Crippen LogP) is 6.10. The van der Waals surface area contributed by atoms with Gasteiger partial charge in [0.25, 0.3) is 0 Å². The standard InChI is InChI=1S/C27H37N3O3/c1-6-7-8-9-10-13-18-33-25(32)27(5,30-28-22-14-11-12-15-23(22)29-30)20-16-17-24(31)21(19-20)26(2,3)4/h11-12,14-17,19,31H,6-10,13,18H2,1-5H3. The van der Waals surface area contributed by atoms with E-state index in [1.165, 1.54) is 24.1 Å². The van der Waals surface area contributed by atoms with Gasteiger partial charge in [0.1, 0.15) is 16.8 Å². The highest BCUT2D eigenvalue weighted by atomic mass is 16.5. The second-order valence-electron chi connectivity index (χ2n) is 9.94. The molecule has 0 spiro atoms. The van der Waals surface area contributed by atoms with E-state index in [9.17, 15) is 9.90 Å². The number of carbonyl (C=O) groups is 1. The zero-order valence-corrected chi connectivity index (χ0v) is 20.6. The molecule has 1 aromatic heterocycles. The summed E-state index contributed by atoms with van der Waals surface area (Å²) in [6, 6.07) is 12.8. The Morgan fingerprint density at radius 2 is 1.55 bits per heavy atom. The van der Waals surface area contributed by atoms with Crippen LogP contribution < -0.4 is 0 Å². The van der Waals surface area contributed by atoms with Crippen LogP contribution in [0.25, 0.3) is 11.0 Å². The summed E-state index contributed by atoms with van der Waals surface area (Å²) in [6.07, 6.45) is 6.70. The van der Waals surface area contributed by atoms with Crippen molar-refractivity contribution in [2.75, 3.05) is 6.61 Å². The lowest BCUT2D eigenvalue weighted by molar-refractivity contribution is -0.152. The van der Waals surface area contributed by atoms with Crippen molar-refractivity contribution >= 4 is 17.0 Å². The monoisotopic (exact) mass is 451 g/mol. The van der Waals surface area contributed by atoms with Crippen LogP contribution in [0.2, 0.25) is 0 Å². The zero-order valence-electron chi connectivity index (χ0n) is 20.6. The average Bonchev–Trinajstić information content (AvgIpc) is 3.22. The topological polar surface area (TPSA) is 77.2 Å². The summed E-state index contributed by atoms with van der Waals surface area (Å²) in [6.45, 7) is 10.4. The lowest BCUT2D eigenvalue weighted by atomic mass is 9.82. The van der Waals surface area contributed by atoms with Crippen LogP contribution in [0.4, 0.5) is 0 Å². The Morgan fingerprint density at radius 3 is 2.15 bits per heavy atom. The van der Waals surface area contributed by atoms with Gasteiger partial charge in [-0.3, -0.25) is 0 Å². The summed E-state index contributed by atoms with van der Waals surface area (Å²) in [5.41, 5.74) is 1.29. The quantitative estimate of drug-likeness (QED) is 0.298. The predicted molar refractivity (Wildman–Crippen MR) is 131 cm³/mol. The molecular formula is C27H37N3O3. The third-order valence-corrected chi connectivity index (χ3v) is 6.18. The van der Waals surface area contributed by atoms with Crippen LogP contribution in [0.15, 0.2) is 42.5 Å². The molecule has 3 aromatic rings. The van der Waals surface area contributed by atoms with E-state index in [4.69, 9.17) is 4.74 Å². The molecule has 0 aliphatic carbocycles. The fourth-order valence-corrected chi connectivity index (χ4v) is 4.00. The van der Waals surface area contributed by atoms with Gasteiger partial charge in [-0.15, -0.1) is 0 Å². The van der Waals surface area contributed by atoms with Crippen molar-refractivity contribution in [1.82, 2.24) is 15.0 Å². The highest BCUT2D eigenvalue weighted by Gasteiger charge is 2.42. The van der Waals surface area contributed by atoms with Gasteiger partial charge in [0, 0.05) is 0 Å². The number of hydrogen-bond donors (Lipinski definition) is 1. The first-order valence-corrected chi connectivity index (χ1v) is 12.0. The normalized spacial score (nSPS) is 13.7. The van der Waals surface area contributed by atoms with Crippen LogP contribution in [0.5, 0.6) is 5.75 Å². The number of phenolic OH excluding ortho intramolecular Hbond substituents is 1. The van der Waals surface area contributed by atoms with Crippen molar-refractivity contribution in [3.8, 4) is 5.75 Å². The molecule has 33 heavy (non-hydrogen) atoms. The molecule has 1 heterocycles. The highest BCUT2D eigenvalue weighted by Crippen LogP contribution is 2.36. The average molecular weight is 452 g/mol. The van der Waals surface area contributed by atoms with Crippen molar-refractivity contribution in [3.63, 3.8) is 0 Å². The van der Waals surface area contributed by atoms with Crippen molar-refractivity contribution in [3.05, 3.63) is 53.6 Å². The molecule has 0 aliphatic rings. The minimum Gasteiger partial charge on any atom is -0.508 e. The largest absolute Gasteiger partial charge is 0.508 e. The van der Waals surface area contributed by atoms with Crippen LogP contribution >= 0.6 is 0 Å². The number of aromatic nitrogens is 3. The molecule has 1 N–H and O–H groups in total. The van der Waals surface area contributed by atoms with E-state index < -0.39 is 11.5 Å². The maximum Gasteiger partial charge on any atom is 0.340 e. The highest BCUT2D eigenvalue weighted by molar-refractivity contribution is 5.83. The molecule has 0 bridgehead atoms. The molecule has 0 aliphatic heterocycles. The first-order chi connectivity index (χ1) is 15.7. The number of fused-ring (bicyclic) bond motifs is 1. The number of hydrogen-bond acceptors (Lipinski definition) is 5. The van der Waals surface area contributed by atoms with Gasteiger partial charge in [-0.2, -0.15) is 15.0 Å². The molecule has 0 saturated heterocycles. The fourth-order valence-electron chi connectivity index (χ4n) is 4.00. The van der Waals surface area contributed by atoms with Gasteiger partial charge < -0.3 is 9.84 Å². The first-order valence-electron chi connectivity index (χ1n) is 12.0. The maximum atomic E-state index is 13.5. The van der Waals surface area contributed by atoms with Crippen LogP contribution in [0.1, 0.15) is 84.3 Å². The number of carbonyl (C=O) groups excluding carboxylic acids is 1. The van der Waals surface area contributed by atoms with E-state index >= 15 is 0 Å². The maximum absolute atomic E-state index is 13.5. The molecule has 6 heteroatoms.